The summed E-state index contributed by atoms with van der Waals surface area (Å²) in [6.07, 6.45) is 6.93. The summed E-state index contributed by atoms with van der Waals surface area (Å²) < 4.78 is 1.82. The third-order valence-electron chi connectivity index (χ3n) is 6.07. The Labute approximate surface area is 183 Å². The molecule has 5 rings (SSSR count). The van der Waals surface area contributed by atoms with Crippen LogP contribution in [0.25, 0.3) is 0 Å². The van der Waals surface area contributed by atoms with Crippen LogP contribution in [0, 0.1) is 11.8 Å². The number of nitrogens with zero attached hydrogens (tertiary/aromatic N) is 7. The molecule has 1 aliphatic carbocycles. The van der Waals surface area contributed by atoms with Crippen molar-refractivity contribution in [3.63, 3.8) is 0 Å². The summed E-state index contributed by atoms with van der Waals surface area (Å²) in [5, 5.41) is 2.58. The molecule has 1 fully saturated rings. The zero-order valence-corrected chi connectivity index (χ0v) is 17.7. The first kappa shape index (κ1) is 20.2. The number of pyridine rings is 1. The molecule has 1 saturated heterocycles. The largest absolute Gasteiger partial charge is 0.369 e. The lowest BCUT2D eigenvalue weighted by Gasteiger charge is -2.36. The zero-order chi connectivity index (χ0) is 22.2. The number of H-pyrrole nitrogens is 1. The Morgan fingerprint density at radius 2 is 1.88 bits per heavy atom. The van der Waals surface area contributed by atoms with Crippen molar-refractivity contribution in [3.8, 4) is 0 Å². The lowest BCUT2D eigenvalue weighted by Crippen LogP contribution is -2.47. The topological polar surface area (TPSA) is 123 Å². The summed E-state index contributed by atoms with van der Waals surface area (Å²) in [6, 6.07) is 2.05. The van der Waals surface area contributed by atoms with E-state index in [1.54, 1.807) is 0 Å². The molecule has 11 heteroatoms. The van der Waals surface area contributed by atoms with Gasteiger partial charge in [-0.2, -0.15) is 4.68 Å². The van der Waals surface area contributed by atoms with Crippen LogP contribution < -0.4 is 9.44 Å². The van der Waals surface area contributed by atoms with Gasteiger partial charge in [-0.05, 0) is 29.9 Å². The number of ketones is 2. The molecule has 0 bridgehead atoms. The van der Waals surface area contributed by atoms with Crippen molar-refractivity contribution in [1.29, 1.82) is 0 Å². The summed E-state index contributed by atoms with van der Waals surface area (Å²) in [7, 11) is 0. The maximum atomic E-state index is 12.9. The molecule has 11 nitrogen and oxygen atoms in total. The number of carbonyl (C=O) groups is 2. The Kier molecular flexibility index (Phi) is 5.10. The number of aromatic nitrogens is 6. The van der Waals surface area contributed by atoms with E-state index < -0.39 is 11.6 Å². The second kappa shape index (κ2) is 8.08. The quantitative estimate of drug-likeness (QED) is 0.442. The first-order chi connectivity index (χ1) is 15.5. The van der Waals surface area contributed by atoms with E-state index in [9.17, 15) is 14.5 Å². The van der Waals surface area contributed by atoms with Gasteiger partial charge in [-0.1, -0.05) is 5.21 Å². The molecule has 0 radical (unpaired) electrons. The number of hydrogen-bond acceptors (Lipinski definition) is 8. The predicted octanol–water partition coefficient (Wildman–Crippen LogP) is 0.212. The van der Waals surface area contributed by atoms with E-state index in [4.69, 9.17) is 0 Å². The van der Waals surface area contributed by atoms with Crippen LogP contribution in [0.2, 0.25) is 0 Å². The van der Waals surface area contributed by atoms with Crippen LogP contribution in [0.5, 0.6) is 0 Å². The van der Waals surface area contributed by atoms with E-state index in [0.29, 0.717) is 11.1 Å². The van der Waals surface area contributed by atoms with E-state index in [1.807, 2.05) is 12.4 Å². The molecule has 0 unspecified atom stereocenters. The third kappa shape index (κ3) is 3.40. The lowest BCUT2D eigenvalue weighted by atomic mass is 9.95. The van der Waals surface area contributed by atoms with E-state index in [2.05, 4.69) is 43.0 Å². The first-order valence-corrected chi connectivity index (χ1v) is 10.6. The number of anilines is 1. The minimum absolute atomic E-state index is 0.0355. The van der Waals surface area contributed by atoms with Crippen LogP contribution in [-0.4, -0.2) is 74.0 Å². The van der Waals surface area contributed by atoms with Crippen molar-refractivity contribution in [2.24, 2.45) is 0 Å². The average Bonchev–Trinajstić information content (AvgIpc) is 3.15. The summed E-state index contributed by atoms with van der Waals surface area (Å²) in [5.74, 6) is -0.980. The normalized spacial score (nSPS) is 16.2. The Bertz CT molecular complexity index is 1260. The SMILES string of the molecule is Cc1cnccc1N1CCN(CCCn2[nH][n+](=O)c3c2C(=O)c2ncncc2C3=O)CC1. The molecule has 3 aromatic heterocycles. The molecule has 0 amide bonds. The average molecular weight is 435 g/mol. The van der Waals surface area contributed by atoms with Gasteiger partial charge in [0, 0.05) is 57.0 Å². The summed E-state index contributed by atoms with van der Waals surface area (Å²) >= 11 is 0. The zero-order valence-electron chi connectivity index (χ0n) is 17.7. The second-order valence-corrected chi connectivity index (χ2v) is 8.03. The second-order valence-electron chi connectivity index (χ2n) is 8.03. The highest BCUT2D eigenvalue weighted by molar-refractivity contribution is 6.25. The highest BCUT2D eigenvalue weighted by atomic mass is 16.3. The Hall–Kier alpha value is -3.73. The van der Waals surface area contributed by atoms with Gasteiger partial charge in [-0.3, -0.25) is 19.5 Å². The van der Waals surface area contributed by atoms with Crippen molar-refractivity contribution < 1.29 is 14.1 Å². The van der Waals surface area contributed by atoms with Crippen LogP contribution in [0.4, 0.5) is 5.69 Å². The Balaban J connectivity index is 1.23. The highest BCUT2D eigenvalue weighted by Gasteiger charge is 2.43. The molecule has 1 aliphatic heterocycles. The van der Waals surface area contributed by atoms with E-state index >= 15 is 0 Å². The number of fused-ring (bicyclic) bond motifs is 2. The van der Waals surface area contributed by atoms with Gasteiger partial charge >= 0.3 is 5.69 Å². The standard InChI is InChI=1S/C21H23N8O3/c1-14-11-22-4-3-16(14)27-9-7-26(8-10-27)5-2-6-28-18-19(29(32)25-28)20(30)15-12-23-13-24-17(15)21(18)31/h3-4,11-13H,2,5-10H2,1H3,(H,25,32)/q+1. The van der Waals surface area contributed by atoms with Crippen molar-refractivity contribution >= 4 is 17.3 Å². The maximum absolute atomic E-state index is 12.9. The molecule has 164 valence electrons. The van der Waals surface area contributed by atoms with E-state index in [0.717, 1.165) is 39.1 Å². The number of aryl methyl sites for hydroxylation is 2. The molecule has 0 atom stereocenters. The minimum atomic E-state index is -0.539. The molecule has 2 aliphatic rings. The fraction of sp³-hybridized carbons (Fsp3) is 0.381. The smallest absolute Gasteiger partial charge is 0.301 e. The number of carbonyl (C=O) groups excluding carboxylic acids is 2. The van der Waals surface area contributed by atoms with Crippen LogP contribution in [0.3, 0.4) is 0 Å². The highest BCUT2D eigenvalue weighted by Crippen LogP contribution is 2.23. The molecule has 3 aromatic rings. The molecular formula is C21H23N8O3+. The number of aromatic amines is 1. The van der Waals surface area contributed by atoms with Crippen molar-refractivity contribution in [2.45, 2.75) is 19.9 Å². The molecule has 4 heterocycles. The van der Waals surface area contributed by atoms with Gasteiger partial charge in [0.05, 0.1) is 10.1 Å². The number of rotatable bonds is 5. The fourth-order valence-corrected chi connectivity index (χ4v) is 4.43. The van der Waals surface area contributed by atoms with Crippen molar-refractivity contribution in [1.82, 2.24) is 29.7 Å². The van der Waals surface area contributed by atoms with Crippen LogP contribution in [-0.2, 0) is 6.54 Å². The fourth-order valence-electron chi connectivity index (χ4n) is 4.43. The first-order valence-electron chi connectivity index (χ1n) is 10.6. The van der Waals surface area contributed by atoms with Gasteiger partial charge in [0.1, 0.15) is 18.6 Å². The van der Waals surface area contributed by atoms with Gasteiger partial charge < -0.3 is 4.90 Å². The van der Waals surface area contributed by atoms with Gasteiger partial charge in [-0.15, -0.1) is 0 Å². The van der Waals surface area contributed by atoms with Gasteiger partial charge in [0.2, 0.25) is 5.78 Å². The minimum Gasteiger partial charge on any atom is -0.369 e. The van der Waals surface area contributed by atoms with Crippen molar-refractivity contribution in [3.05, 3.63) is 64.1 Å². The number of piperazine rings is 1. The van der Waals surface area contributed by atoms with Gasteiger partial charge in [0.15, 0.2) is 0 Å². The van der Waals surface area contributed by atoms with Crippen LogP contribution in [0.1, 0.15) is 44.2 Å². The van der Waals surface area contributed by atoms with Gasteiger partial charge in [-0.25, -0.2) is 9.97 Å². The molecule has 0 aromatic carbocycles. The predicted molar refractivity (Wildman–Crippen MR) is 113 cm³/mol. The molecule has 1 N–H and O–H groups in total. The van der Waals surface area contributed by atoms with Gasteiger partial charge in [0.25, 0.3) is 11.5 Å². The Morgan fingerprint density at radius 3 is 2.66 bits per heavy atom. The van der Waals surface area contributed by atoms with E-state index in [-0.39, 0.29) is 22.6 Å². The number of hydrogen-bond donors (Lipinski definition) is 1. The molecule has 0 spiro atoms. The van der Waals surface area contributed by atoms with E-state index in [1.165, 1.54) is 28.5 Å². The van der Waals surface area contributed by atoms with Crippen molar-refractivity contribution in [2.75, 3.05) is 37.6 Å². The third-order valence-corrected chi connectivity index (χ3v) is 6.07. The number of nitrogens with one attached hydrogen (secondary N) is 1. The monoisotopic (exact) mass is 435 g/mol. The summed E-state index contributed by atoms with van der Waals surface area (Å²) in [5.41, 5.74) is 2.36. The lowest BCUT2D eigenvalue weighted by molar-refractivity contribution is -0.569. The maximum Gasteiger partial charge on any atom is 0.301 e. The van der Waals surface area contributed by atoms with Crippen LogP contribution in [0.15, 0.2) is 31.0 Å². The summed E-state index contributed by atoms with van der Waals surface area (Å²) in [4.78, 5) is 54.5. The molecule has 0 saturated carbocycles. The molecular weight excluding hydrogens is 412 g/mol. The Morgan fingerprint density at radius 1 is 1.06 bits per heavy atom. The van der Waals surface area contributed by atoms with Crippen LogP contribution >= 0.6 is 0 Å². The summed E-state index contributed by atoms with van der Waals surface area (Å²) in [6.45, 7) is 7.03. The molecule has 32 heavy (non-hydrogen) atoms.